The van der Waals surface area contributed by atoms with E-state index in [1.165, 1.54) is 60.8 Å². The fourth-order valence-electron chi connectivity index (χ4n) is 6.25. The monoisotopic (exact) mass is 642 g/mol. The van der Waals surface area contributed by atoms with Gasteiger partial charge in [-0.15, -0.1) is 0 Å². The summed E-state index contributed by atoms with van der Waals surface area (Å²) in [6.45, 7) is -2.68. The van der Waals surface area contributed by atoms with Gasteiger partial charge in [-0.3, -0.25) is 24.1 Å². The second kappa shape index (κ2) is 11.3. The Hall–Kier alpha value is -5.14. The van der Waals surface area contributed by atoms with Gasteiger partial charge in [0.05, 0.1) is 23.7 Å². The molecule has 0 bridgehead atoms. The van der Waals surface area contributed by atoms with Gasteiger partial charge >= 0.3 is 12.4 Å². The Bertz CT molecular complexity index is 1800. The molecule has 8 nitrogen and oxygen atoms in total. The van der Waals surface area contributed by atoms with Crippen molar-refractivity contribution in [1.29, 1.82) is 0 Å². The van der Waals surface area contributed by atoms with Crippen LogP contribution in [0.15, 0.2) is 85.1 Å². The van der Waals surface area contributed by atoms with Crippen LogP contribution in [-0.2, 0) is 11.2 Å². The summed E-state index contributed by atoms with van der Waals surface area (Å²) in [5.41, 5.74) is 0.425. The molecule has 0 radical (unpaired) electrons. The lowest BCUT2D eigenvalue weighted by atomic mass is 9.89. The summed E-state index contributed by atoms with van der Waals surface area (Å²) in [6.07, 6.45) is -10.1. The van der Waals surface area contributed by atoms with Gasteiger partial charge in [0.15, 0.2) is 0 Å². The number of aromatic nitrogens is 1. The van der Waals surface area contributed by atoms with Gasteiger partial charge in [0.2, 0.25) is 5.91 Å². The van der Waals surface area contributed by atoms with Gasteiger partial charge < -0.3 is 14.8 Å². The third kappa shape index (κ3) is 5.37. The molecule has 0 aliphatic carbocycles. The molecule has 0 saturated carbocycles. The van der Waals surface area contributed by atoms with Gasteiger partial charge in [-0.2, -0.15) is 26.3 Å². The predicted octanol–water partition coefficient (Wildman–Crippen LogP) is 5.22. The maximum atomic E-state index is 15.2. The number of carbonyl (C=O) groups is 4. The van der Waals surface area contributed by atoms with Crippen molar-refractivity contribution in [3.05, 3.63) is 107 Å². The molecule has 6 rings (SSSR count). The summed E-state index contributed by atoms with van der Waals surface area (Å²) >= 11 is 0. The number of alkyl halides is 6. The number of rotatable bonds is 5. The third-order valence-corrected chi connectivity index (χ3v) is 8.33. The lowest BCUT2D eigenvalue weighted by Crippen LogP contribution is -2.74. The molecular weight excluding hydrogens is 618 g/mol. The van der Waals surface area contributed by atoms with E-state index in [1.54, 1.807) is 24.3 Å². The van der Waals surface area contributed by atoms with Crippen molar-refractivity contribution in [3.63, 3.8) is 0 Å². The molecule has 2 aliphatic heterocycles. The van der Waals surface area contributed by atoms with E-state index in [1.807, 2.05) is 0 Å². The number of nitrogens with one attached hydrogen (secondary N) is 1. The lowest BCUT2D eigenvalue weighted by Gasteiger charge is -2.52. The molecule has 4 aromatic rings. The smallest absolute Gasteiger partial charge is 0.361 e. The highest BCUT2D eigenvalue weighted by atomic mass is 19.4. The molecule has 3 unspecified atom stereocenters. The Morgan fingerprint density at radius 3 is 1.98 bits per heavy atom. The molecule has 0 spiro atoms. The molecular formula is C32H24F6N4O4. The summed E-state index contributed by atoms with van der Waals surface area (Å²) in [7, 11) is 0. The highest BCUT2D eigenvalue weighted by Gasteiger charge is 2.63. The van der Waals surface area contributed by atoms with Crippen molar-refractivity contribution in [1.82, 2.24) is 19.7 Å². The number of hydrogen-bond donors (Lipinski definition) is 1. The van der Waals surface area contributed by atoms with Crippen molar-refractivity contribution in [2.75, 3.05) is 13.1 Å². The zero-order valence-electron chi connectivity index (χ0n) is 23.7. The normalized spacial score (nSPS) is 20.4. The van der Waals surface area contributed by atoms with Crippen LogP contribution in [0.5, 0.6) is 0 Å². The Morgan fingerprint density at radius 2 is 1.37 bits per heavy atom. The average molecular weight is 643 g/mol. The number of nitrogens with zero attached hydrogens (tertiary/aromatic N) is 3. The van der Waals surface area contributed by atoms with Gasteiger partial charge in [-0.05, 0) is 42.3 Å². The maximum Gasteiger partial charge on any atom is 0.410 e. The molecule has 3 aromatic carbocycles. The second-order valence-corrected chi connectivity index (χ2v) is 11.0. The van der Waals surface area contributed by atoms with Crippen LogP contribution < -0.4 is 0 Å². The number of piperazine rings is 1. The number of hydrogen-bond acceptors (Lipinski definition) is 4. The van der Waals surface area contributed by atoms with Crippen molar-refractivity contribution in [3.8, 4) is 0 Å². The number of para-hydroxylation sites is 1. The second-order valence-electron chi connectivity index (χ2n) is 11.0. The topological polar surface area (TPSA) is 93.8 Å². The first kappa shape index (κ1) is 30.9. The van der Waals surface area contributed by atoms with E-state index in [4.69, 9.17) is 0 Å². The molecule has 3 atom stereocenters. The highest BCUT2D eigenvalue weighted by molar-refractivity contribution is 6.22. The molecule has 2 aliphatic rings. The maximum absolute atomic E-state index is 15.2. The van der Waals surface area contributed by atoms with Crippen molar-refractivity contribution in [2.24, 2.45) is 0 Å². The Labute approximate surface area is 257 Å². The summed E-state index contributed by atoms with van der Waals surface area (Å²) in [4.78, 5) is 56.7. The highest BCUT2D eigenvalue weighted by Crippen LogP contribution is 2.41. The van der Waals surface area contributed by atoms with Crippen LogP contribution in [0.3, 0.4) is 0 Å². The van der Waals surface area contributed by atoms with E-state index in [-0.39, 0.29) is 27.2 Å². The number of benzene rings is 3. The predicted molar refractivity (Wildman–Crippen MR) is 152 cm³/mol. The molecule has 46 heavy (non-hydrogen) atoms. The number of fused-ring (bicyclic) bond motifs is 2. The SMILES string of the molecule is O=C1c2ccccc2C(=O)N1CC(=O)N1C(C(F)(F)F)CN(C(=O)c2ccccc2)C(Cc2c[nH]c3ccccc23)C1C(F)(F)F. The molecule has 3 heterocycles. The van der Waals surface area contributed by atoms with E-state index in [2.05, 4.69) is 4.98 Å². The van der Waals surface area contributed by atoms with Crippen LogP contribution in [0, 0.1) is 0 Å². The molecule has 1 N–H and O–H groups in total. The lowest BCUT2D eigenvalue weighted by molar-refractivity contribution is -0.257. The van der Waals surface area contributed by atoms with Gasteiger partial charge in [-0.1, -0.05) is 48.5 Å². The van der Waals surface area contributed by atoms with E-state index in [0.29, 0.717) is 20.7 Å². The van der Waals surface area contributed by atoms with Crippen LogP contribution in [0.4, 0.5) is 26.3 Å². The quantitative estimate of drug-likeness (QED) is 0.239. The first-order chi connectivity index (χ1) is 21.8. The molecule has 238 valence electrons. The van der Waals surface area contributed by atoms with E-state index >= 15 is 13.2 Å². The number of carbonyl (C=O) groups excluding carboxylic acids is 4. The molecule has 1 fully saturated rings. The van der Waals surface area contributed by atoms with Gasteiger partial charge in [0.25, 0.3) is 17.7 Å². The minimum Gasteiger partial charge on any atom is -0.361 e. The number of amides is 4. The van der Waals surface area contributed by atoms with Gasteiger partial charge in [0, 0.05) is 22.7 Å². The van der Waals surface area contributed by atoms with Crippen LogP contribution in [0.1, 0.15) is 36.6 Å². The standard InChI is InChI=1S/C32H24F6N4O4/c33-31(34,35)25-16-40(28(44)18-8-2-1-3-9-18)24(14-19-15-39-23-13-7-6-10-20(19)23)27(32(36,37)38)42(25)26(43)17-41-29(45)21-11-4-5-12-22(21)30(41)46/h1-13,15,24-25,27,39H,14,16-17H2. The van der Waals surface area contributed by atoms with Crippen LogP contribution >= 0.6 is 0 Å². The number of halogens is 6. The fraction of sp³-hybridized carbons (Fsp3) is 0.250. The molecule has 14 heteroatoms. The molecule has 4 amide bonds. The Balaban J connectivity index is 1.46. The third-order valence-electron chi connectivity index (χ3n) is 8.33. The largest absolute Gasteiger partial charge is 0.410 e. The minimum absolute atomic E-state index is 0.129. The van der Waals surface area contributed by atoms with E-state index in [0.717, 1.165) is 0 Å². The minimum atomic E-state index is -5.48. The van der Waals surface area contributed by atoms with Gasteiger partial charge in [0.1, 0.15) is 18.6 Å². The van der Waals surface area contributed by atoms with Crippen molar-refractivity contribution >= 4 is 34.5 Å². The molecule has 1 saturated heterocycles. The van der Waals surface area contributed by atoms with Crippen LogP contribution in [0.25, 0.3) is 10.9 Å². The summed E-state index contributed by atoms with van der Waals surface area (Å²) in [6, 6.07) is 10.6. The van der Waals surface area contributed by atoms with Gasteiger partial charge in [-0.25, -0.2) is 0 Å². The Morgan fingerprint density at radius 1 is 0.783 bits per heavy atom. The number of imide groups is 1. The van der Waals surface area contributed by atoms with Crippen LogP contribution in [-0.4, -0.2) is 86.9 Å². The zero-order chi connectivity index (χ0) is 33.0. The fourth-order valence-corrected chi connectivity index (χ4v) is 6.25. The Kier molecular flexibility index (Phi) is 7.61. The summed E-state index contributed by atoms with van der Waals surface area (Å²) < 4.78 is 89.6. The zero-order valence-corrected chi connectivity index (χ0v) is 23.7. The number of aromatic amines is 1. The average Bonchev–Trinajstić information content (AvgIpc) is 3.54. The summed E-state index contributed by atoms with van der Waals surface area (Å²) in [5, 5.41) is 0.484. The van der Waals surface area contributed by atoms with E-state index < -0.39 is 73.6 Å². The summed E-state index contributed by atoms with van der Waals surface area (Å²) in [5.74, 6) is -4.86. The first-order valence-corrected chi connectivity index (χ1v) is 14.1. The van der Waals surface area contributed by atoms with E-state index in [9.17, 15) is 32.3 Å². The molecule has 1 aromatic heterocycles. The van der Waals surface area contributed by atoms with Crippen LogP contribution in [0.2, 0.25) is 0 Å². The van der Waals surface area contributed by atoms with Crippen molar-refractivity contribution in [2.45, 2.75) is 36.9 Å². The number of H-pyrrole nitrogens is 1. The van der Waals surface area contributed by atoms with Crippen molar-refractivity contribution < 1.29 is 45.5 Å². The first-order valence-electron chi connectivity index (χ1n) is 14.1.